The molecule has 1 fully saturated rings. The van der Waals surface area contributed by atoms with Crippen LogP contribution in [0.25, 0.3) is 0 Å². The van der Waals surface area contributed by atoms with Crippen LogP contribution in [0.1, 0.15) is 17.2 Å². The van der Waals surface area contributed by atoms with Crippen LogP contribution >= 0.6 is 0 Å². The molecule has 1 aliphatic heterocycles. The maximum atomic E-state index is 13.2. The maximum absolute atomic E-state index is 13.2. The van der Waals surface area contributed by atoms with Gasteiger partial charge in [0.1, 0.15) is 5.82 Å². The SMILES string of the molecule is Cc1ccc(S(=O)(=O)N2CCN(C)C(c3ccc(F)cc3)C2)cc1. The smallest absolute Gasteiger partial charge is 0.243 e. The first kappa shape index (κ1) is 17.1. The van der Waals surface area contributed by atoms with Crippen molar-refractivity contribution in [2.45, 2.75) is 17.9 Å². The summed E-state index contributed by atoms with van der Waals surface area (Å²) in [5, 5.41) is 0. The monoisotopic (exact) mass is 348 g/mol. The van der Waals surface area contributed by atoms with E-state index < -0.39 is 10.0 Å². The maximum Gasteiger partial charge on any atom is 0.243 e. The van der Waals surface area contributed by atoms with Crippen molar-refractivity contribution in [2.24, 2.45) is 0 Å². The highest BCUT2D eigenvalue weighted by molar-refractivity contribution is 7.89. The Kier molecular flexibility index (Phi) is 4.71. The van der Waals surface area contributed by atoms with Gasteiger partial charge in [0.05, 0.1) is 4.90 Å². The van der Waals surface area contributed by atoms with Crippen molar-refractivity contribution in [3.05, 3.63) is 65.5 Å². The molecule has 0 amide bonds. The number of piperazine rings is 1. The average Bonchev–Trinajstić information content (AvgIpc) is 2.56. The Labute approximate surface area is 142 Å². The number of hydrogen-bond acceptors (Lipinski definition) is 3. The molecule has 1 unspecified atom stereocenters. The van der Waals surface area contributed by atoms with Crippen LogP contribution in [0.3, 0.4) is 0 Å². The van der Waals surface area contributed by atoms with Crippen molar-refractivity contribution < 1.29 is 12.8 Å². The third kappa shape index (κ3) is 3.36. The Balaban J connectivity index is 1.87. The van der Waals surface area contributed by atoms with E-state index in [1.54, 1.807) is 36.4 Å². The van der Waals surface area contributed by atoms with Gasteiger partial charge < -0.3 is 0 Å². The summed E-state index contributed by atoms with van der Waals surface area (Å²) < 4.78 is 40.4. The predicted octanol–water partition coefficient (Wildman–Crippen LogP) is 2.81. The molecule has 2 aromatic carbocycles. The average molecular weight is 348 g/mol. The number of halogens is 1. The minimum absolute atomic E-state index is 0.0837. The number of sulfonamides is 1. The van der Waals surface area contributed by atoms with Gasteiger partial charge in [-0.3, -0.25) is 4.90 Å². The second-order valence-electron chi connectivity index (χ2n) is 6.22. The summed E-state index contributed by atoms with van der Waals surface area (Å²) in [6.07, 6.45) is 0. The number of likely N-dealkylation sites (N-methyl/N-ethyl adjacent to an activating group) is 1. The van der Waals surface area contributed by atoms with Gasteiger partial charge in [-0.25, -0.2) is 12.8 Å². The molecule has 0 radical (unpaired) electrons. The number of aryl methyl sites for hydroxylation is 1. The fraction of sp³-hybridized carbons (Fsp3) is 0.333. The van der Waals surface area contributed by atoms with Crippen LogP contribution in [-0.2, 0) is 10.0 Å². The Morgan fingerprint density at radius 3 is 2.25 bits per heavy atom. The second kappa shape index (κ2) is 6.63. The normalized spacial score (nSPS) is 20.2. The Morgan fingerprint density at radius 2 is 1.62 bits per heavy atom. The van der Waals surface area contributed by atoms with Crippen LogP contribution in [0, 0.1) is 12.7 Å². The molecular formula is C18H21FN2O2S. The lowest BCUT2D eigenvalue weighted by Gasteiger charge is -2.39. The topological polar surface area (TPSA) is 40.6 Å². The summed E-state index contributed by atoms with van der Waals surface area (Å²) in [6.45, 7) is 3.37. The number of rotatable bonds is 3. The fourth-order valence-corrected chi connectivity index (χ4v) is 4.41. The van der Waals surface area contributed by atoms with E-state index in [0.717, 1.165) is 11.1 Å². The van der Waals surface area contributed by atoms with Crippen molar-refractivity contribution in [3.8, 4) is 0 Å². The molecule has 0 saturated carbocycles. The van der Waals surface area contributed by atoms with Gasteiger partial charge in [-0.15, -0.1) is 0 Å². The minimum Gasteiger partial charge on any atom is -0.297 e. The first-order chi connectivity index (χ1) is 11.4. The second-order valence-corrected chi connectivity index (χ2v) is 8.16. The van der Waals surface area contributed by atoms with Gasteiger partial charge in [0.25, 0.3) is 0 Å². The summed E-state index contributed by atoms with van der Waals surface area (Å²) in [4.78, 5) is 2.42. The molecule has 4 nitrogen and oxygen atoms in total. The lowest BCUT2D eigenvalue weighted by Crippen LogP contribution is -2.48. The summed E-state index contributed by atoms with van der Waals surface area (Å²) in [6, 6.07) is 13.1. The van der Waals surface area contributed by atoms with Gasteiger partial charge in [-0.2, -0.15) is 4.31 Å². The highest BCUT2D eigenvalue weighted by atomic mass is 32.2. The Bertz CT molecular complexity index is 804. The molecule has 2 aromatic rings. The third-order valence-electron chi connectivity index (χ3n) is 4.52. The molecular weight excluding hydrogens is 327 g/mol. The zero-order valence-corrected chi connectivity index (χ0v) is 14.6. The van der Waals surface area contributed by atoms with Crippen molar-refractivity contribution in [2.75, 3.05) is 26.7 Å². The first-order valence-electron chi connectivity index (χ1n) is 7.90. The molecule has 0 N–H and O–H groups in total. The van der Waals surface area contributed by atoms with Crippen LogP contribution in [0.2, 0.25) is 0 Å². The summed E-state index contributed by atoms with van der Waals surface area (Å²) in [5.41, 5.74) is 1.94. The lowest BCUT2D eigenvalue weighted by atomic mass is 10.0. The molecule has 1 aliphatic rings. The van der Waals surface area contributed by atoms with Crippen LogP contribution in [0.4, 0.5) is 4.39 Å². The van der Waals surface area contributed by atoms with Crippen molar-refractivity contribution in [1.29, 1.82) is 0 Å². The molecule has 1 heterocycles. The van der Waals surface area contributed by atoms with Gasteiger partial charge >= 0.3 is 0 Å². The molecule has 24 heavy (non-hydrogen) atoms. The summed E-state index contributed by atoms with van der Waals surface area (Å²) in [5.74, 6) is -0.290. The molecule has 128 valence electrons. The van der Waals surface area contributed by atoms with E-state index in [-0.39, 0.29) is 11.9 Å². The fourth-order valence-electron chi connectivity index (χ4n) is 2.97. The van der Waals surface area contributed by atoms with E-state index >= 15 is 0 Å². The van der Waals surface area contributed by atoms with Crippen LogP contribution in [0.5, 0.6) is 0 Å². The zero-order valence-electron chi connectivity index (χ0n) is 13.8. The molecule has 1 atom stereocenters. The molecule has 0 bridgehead atoms. The van der Waals surface area contributed by atoms with E-state index in [0.29, 0.717) is 24.5 Å². The summed E-state index contributed by atoms with van der Waals surface area (Å²) >= 11 is 0. The van der Waals surface area contributed by atoms with E-state index in [4.69, 9.17) is 0 Å². The molecule has 3 rings (SSSR count). The number of hydrogen-bond donors (Lipinski definition) is 0. The Hall–Kier alpha value is -1.76. The van der Waals surface area contributed by atoms with Gasteiger partial charge in [0.15, 0.2) is 0 Å². The van der Waals surface area contributed by atoms with Gasteiger partial charge in [0.2, 0.25) is 10.0 Å². The van der Waals surface area contributed by atoms with Gasteiger partial charge in [0, 0.05) is 25.7 Å². The van der Waals surface area contributed by atoms with Crippen LogP contribution in [0.15, 0.2) is 53.4 Å². The van der Waals surface area contributed by atoms with Gasteiger partial charge in [-0.05, 0) is 43.8 Å². The molecule has 6 heteroatoms. The molecule has 0 aromatic heterocycles. The largest absolute Gasteiger partial charge is 0.297 e. The molecule has 0 spiro atoms. The first-order valence-corrected chi connectivity index (χ1v) is 9.34. The van der Waals surface area contributed by atoms with E-state index in [2.05, 4.69) is 4.90 Å². The van der Waals surface area contributed by atoms with Crippen LogP contribution < -0.4 is 0 Å². The van der Waals surface area contributed by atoms with E-state index in [1.165, 1.54) is 16.4 Å². The van der Waals surface area contributed by atoms with E-state index in [1.807, 2.05) is 14.0 Å². The van der Waals surface area contributed by atoms with Crippen molar-refractivity contribution in [3.63, 3.8) is 0 Å². The summed E-state index contributed by atoms with van der Waals surface area (Å²) in [7, 11) is -1.56. The quantitative estimate of drug-likeness (QED) is 0.856. The lowest BCUT2D eigenvalue weighted by molar-refractivity contribution is 0.148. The molecule has 0 aliphatic carbocycles. The number of nitrogens with zero attached hydrogens (tertiary/aromatic N) is 2. The van der Waals surface area contributed by atoms with Gasteiger partial charge in [-0.1, -0.05) is 29.8 Å². The molecule has 1 saturated heterocycles. The highest BCUT2D eigenvalue weighted by Gasteiger charge is 2.33. The van der Waals surface area contributed by atoms with Crippen LogP contribution in [-0.4, -0.2) is 44.3 Å². The standard InChI is InChI=1S/C18H21FN2O2S/c1-14-3-9-17(10-4-14)24(22,23)21-12-11-20(2)18(13-21)15-5-7-16(19)8-6-15/h3-10,18H,11-13H2,1-2H3. The third-order valence-corrected chi connectivity index (χ3v) is 6.40. The number of benzene rings is 2. The highest BCUT2D eigenvalue weighted by Crippen LogP contribution is 2.28. The Morgan fingerprint density at radius 1 is 1.00 bits per heavy atom. The minimum atomic E-state index is -3.52. The zero-order chi connectivity index (χ0) is 17.3. The van der Waals surface area contributed by atoms with Crippen molar-refractivity contribution >= 4 is 10.0 Å². The predicted molar refractivity (Wildman–Crippen MR) is 91.7 cm³/mol. The van der Waals surface area contributed by atoms with E-state index in [9.17, 15) is 12.8 Å². The van der Waals surface area contributed by atoms with Crippen molar-refractivity contribution in [1.82, 2.24) is 9.21 Å².